The standard InChI is InChI=1S/C18H29N3O2/c1-14(2)17(22)13-18(23)20-10-3-15-6-11-21(12-7-15)16-4-8-19-9-5-16/h4-5,8-9,14-15,17,22H,3,6-7,10-13H2,1-2H3,(H,20,23). The summed E-state index contributed by atoms with van der Waals surface area (Å²) in [4.78, 5) is 18.2. The first-order valence-electron chi connectivity index (χ1n) is 8.66. The Bertz CT molecular complexity index is 470. The topological polar surface area (TPSA) is 65.5 Å². The smallest absolute Gasteiger partial charge is 0.222 e. The molecule has 2 heterocycles. The molecule has 0 spiro atoms. The van der Waals surface area contributed by atoms with Gasteiger partial charge in [-0.25, -0.2) is 0 Å². The summed E-state index contributed by atoms with van der Waals surface area (Å²) in [5, 5.41) is 12.6. The second-order valence-corrected chi connectivity index (χ2v) is 6.79. The summed E-state index contributed by atoms with van der Waals surface area (Å²) in [6.45, 7) is 6.69. The van der Waals surface area contributed by atoms with Crippen LogP contribution in [0, 0.1) is 11.8 Å². The van der Waals surface area contributed by atoms with E-state index in [1.807, 2.05) is 26.2 Å². The molecule has 1 amide bonds. The molecular formula is C18H29N3O2. The van der Waals surface area contributed by atoms with Gasteiger partial charge in [-0.2, -0.15) is 0 Å². The van der Waals surface area contributed by atoms with Crippen molar-refractivity contribution in [1.82, 2.24) is 10.3 Å². The first-order valence-corrected chi connectivity index (χ1v) is 8.66. The molecule has 1 atom stereocenters. The Morgan fingerprint density at radius 3 is 2.61 bits per heavy atom. The average Bonchev–Trinajstić information content (AvgIpc) is 2.56. The molecule has 1 unspecified atom stereocenters. The van der Waals surface area contributed by atoms with E-state index in [0.717, 1.165) is 32.4 Å². The normalized spacial score (nSPS) is 17.3. The van der Waals surface area contributed by atoms with Crippen molar-refractivity contribution in [3.8, 4) is 0 Å². The number of hydrogen-bond donors (Lipinski definition) is 2. The van der Waals surface area contributed by atoms with Crippen LogP contribution in [-0.2, 0) is 4.79 Å². The van der Waals surface area contributed by atoms with Gasteiger partial charge >= 0.3 is 0 Å². The van der Waals surface area contributed by atoms with Gasteiger partial charge in [0.25, 0.3) is 0 Å². The number of hydrogen-bond acceptors (Lipinski definition) is 4. The van der Waals surface area contributed by atoms with Gasteiger partial charge in [0.15, 0.2) is 0 Å². The maximum absolute atomic E-state index is 11.8. The van der Waals surface area contributed by atoms with Gasteiger partial charge in [0.05, 0.1) is 12.5 Å². The van der Waals surface area contributed by atoms with E-state index in [4.69, 9.17) is 0 Å². The Balaban J connectivity index is 1.62. The number of piperidine rings is 1. The van der Waals surface area contributed by atoms with Crippen LogP contribution in [0.5, 0.6) is 0 Å². The number of nitrogens with zero attached hydrogens (tertiary/aromatic N) is 2. The maximum atomic E-state index is 11.8. The lowest BCUT2D eigenvalue weighted by molar-refractivity contribution is -0.123. The molecule has 1 aliphatic rings. The molecular weight excluding hydrogens is 290 g/mol. The van der Waals surface area contributed by atoms with Gasteiger partial charge in [0.2, 0.25) is 5.91 Å². The minimum absolute atomic E-state index is 0.0413. The third kappa shape index (κ3) is 5.82. The predicted octanol–water partition coefficient (Wildman–Crippen LogP) is 2.21. The average molecular weight is 319 g/mol. The van der Waals surface area contributed by atoms with Crippen molar-refractivity contribution < 1.29 is 9.90 Å². The number of aliphatic hydroxyl groups is 1. The molecule has 1 saturated heterocycles. The van der Waals surface area contributed by atoms with Gasteiger partial charge in [-0.15, -0.1) is 0 Å². The maximum Gasteiger partial charge on any atom is 0.222 e. The van der Waals surface area contributed by atoms with Crippen LogP contribution in [0.15, 0.2) is 24.5 Å². The van der Waals surface area contributed by atoms with Crippen LogP contribution in [0.2, 0.25) is 0 Å². The lowest BCUT2D eigenvalue weighted by Gasteiger charge is -2.33. The van der Waals surface area contributed by atoms with Crippen LogP contribution < -0.4 is 10.2 Å². The summed E-state index contributed by atoms with van der Waals surface area (Å²) in [6, 6.07) is 4.11. The Morgan fingerprint density at radius 2 is 2.00 bits per heavy atom. The molecule has 2 N–H and O–H groups in total. The van der Waals surface area contributed by atoms with Crippen molar-refractivity contribution in [2.45, 2.75) is 45.6 Å². The van der Waals surface area contributed by atoms with Crippen LogP contribution in [-0.4, -0.2) is 41.7 Å². The molecule has 1 fully saturated rings. The van der Waals surface area contributed by atoms with E-state index in [-0.39, 0.29) is 18.2 Å². The fourth-order valence-electron chi connectivity index (χ4n) is 2.95. The quantitative estimate of drug-likeness (QED) is 0.809. The van der Waals surface area contributed by atoms with Crippen LogP contribution in [0.1, 0.15) is 39.5 Å². The number of aliphatic hydroxyl groups excluding tert-OH is 1. The van der Waals surface area contributed by atoms with E-state index >= 15 is 0 Å². The number of nitrogens with one attached hydrogen (secondary N) is 1. The molecule has 2 rings (SSSR count). The van der Waals surface area contributed by atoms with Crippen molar-refractivity contribution in [3.05, 3.63) is 24.5 Å². The Hall–Kier alpha value is -1.62. The Kier molecular flexibility index (Phi) is 6.84. The zero-order valence-electron chi connectivity index (χ0n) is 14.2. The first-order chi connectivity index (χ1) is 11.1. The molecule has 0 aliphatic carbocycles. The SMILES string of the molecule is CC(C)C(O)CC(=O)NCCC1CCN(c2ccncc2)CC1. The van der Waals surface area contributed by atoms with Crippen molar-refractivity contribution in [3.63, 3.8) is 0 Å². The molecule has 1 aromatic rings. The summed E-state index contributed by atoms with van der Waals surface area (Å²) in [5.74, 6) is 0.752. The third-order valence-electron chi connectivity index (χ3n) is 4.68. The molecule has 5 heteroatoms. The number of pyridine rings is 1. The van der Waals surface area contributed by atoms with Crippen LogP contribution in [0.25, 0.3) is 0 Å². The number of aromatic nitrogens is 1. The van der Waals surface area contributed by atoms with Crippen LogP contribution >= 0.6 is 0 Å². The van der Waals surface area contributed by atoms with Crippen molar-refractivity contribution in [1.29, 1.82) is 0 Å². The first kappa shape index (κ1) is 17.7. The highest BCUT2D eigenvalue weighted by atomic mass is 16.3. The van der Waals surface area contributed by atoms with E-state index in [2.05, 4.69) is 27.3 Å². The van der Waals surface area contributed by atoms with Gasteiger partial charge in [-0.1, -0.05) is 13.8 Å². The fourth-order valence-corrected chi connectivity index (χ4v) is 2.95. The number of carbonyl (C=O) groups excluding carboxylic acids is 1. The van der Waals surface area contributed by atoms with Crippen LogP contribution in [0.3, 0.4) is 0 Å². The molecule has 5 nitrogen and oxygen atoms in total. The minimum atomic E-state index is -0.543. The zero-order chi connectivity index (χ0) is 16.7. The lowest BCUT2D eigenvalue weighted by Crippen LogP contribution is -2.35. The van der Waals surface area contributed by atoms with Gasteiger partial charge in [0.1, 0.15) is 0 Å². The number of rotatable bonds is 7. The Morgan fingerprint density at radius 1 is 1.35 bits per heavy atom. The van der Waals surface area contributed by atoms with E-state index in [0.29, 0.717) is 12.5 Å². The molecule has 1 aliphatic heterocycles. The molecule has 0 bridgehead atoms. The second kappa shape index (κ2) is 8.87. The highest BCUT2D eigenvalue weighted by Crippen LogP contribution is 2.24. The monoisotopic (exact) mass is 319 g/mol. The number of anilines is 1. The molecule has 128 valence electrons. The molecule has 0 saturated carbocycles. The van der Waals surface area contributed by atoms with E-state index in [1.54, 1.807) is 0 Å². The summed E-state index contributed by atoms with van der Waals surface area (Å²) in [5.41, 5.74) is 1.24. The van der Waals surface area contributed by atoms with Gasteiger partial charge < -0.3 is 15.3 Å². The van der Waals surface area contributed by atoms with Crippen molar-refractivity contribution in [2.75, 3.05) is 24.5 Å². The predicted molar refractivity (Wildman–Crippen MR) is 92.3 cm³/mol. The number of carbonyl (C=O) groups is 1. The van der Waals surface area contributed by atoms with Gasteiger partial charge in [-0.3, -0.25) is 9.78 Å². The third-order valence-corrected chi connectivity index (χ3v) is 4.68. The summed E-state index contributed by atoms with van der Waals surface area (Å²) in [7, 11) is 0. The molecule has 0 aromatic carbocycles. The van der Waals surface area contributed by atoms with E-state index < -0.39 is 6.10 Å². The highest BCUT2D eigenvalue weighted by molar-refractivity contribution is 5.76. The second-order valence-electron chi connectivity index (χ2n) is 6.79. The van der Waals surface area contributed by atoms with E-state index in [9.17, 15) is 9.90 Å². The Labute approximate surface area is 139 Å². The zero-order valence-corrected chi connectivity index (χ0v) is 14.2. The summed E-state index contributed by atoms with van der Waals surface area (Å²) < 4.78 is 0. The summed E-state index contributed by atoms with van der Waals surface area (Å²) >= 11 is 0. The van der Waals surface area contributed by atoms with E-state index in [1.165, 1.54) is 5.69 Å². The molecule has 0 radical (unpaired) electrons. The van der Waals surface area contributed by atoms with Crippen molar-refractivity contribution >= 4 is 11.6 Å². The molecule has 23 heavy (non-hydrogen) atoms. The largest absolute Gasteiger partial charge is 0.392 e. The van der Waals surface area contributed by atoms with Gasteiger partial charge in [-0.05, 0) is 43.2 Å². The summed E-state index contributed by atoms with van der Waals surface area (Å²) in [6.07, 6.45) is 6.68. The minimum Gasteiger partial charge on any atom is -0.392 e. The molecule has 1 aromatic heterocycles. The fraction of sp³-hybridized carbons (Fsp3) is 0.667. The lowest BCUT2D eigenvalue weighted by atomic mass is 9.93. The number of amides is 1. The van der Waals surface area contributed by atoms with Gasteiger partial charge in [0, 0.05) is 37.7 Å². The highest BCUT2D eigenvalue weighted by Gasteiger charge is 2.20. The van der Waals surface area contributed by atoms with Crippen LogP contribution in [0.4, 0.5) is 5.69 Å². The van der Waals surface area contributed by atoms with Crippen molar-refractivity contribution in [2.24, 2.45) is 11.8 Å².